The fourth-order valence-corrected chi connectivity index (χ4v) is 2.92. The van der Waals surface area contributed by atoms with Crippen LogP contribution in [0.5, 0.6) is 5.75 Å². The second kappa shape index (κ2) is 10.6. The third-order valence-electron chi connectivity index (χ3n) is 4.41. The molecular formula is C23H25FO4. The molecule has 5 heteroatoms. The SMILES string of the molecule is C=C(CO)/C(=C/CO)C(O)CC/C(=C/c1ccc(O)c(F)c1)c1ccccc1. The van der Waals surface area contributed by atoms with Crippen LogP contribution in [0.4, 0.5) is 4.39 Å². The molecule has 1 atom stereocenters. The predicted molar refractivity (Wildman–Crippen MR) is 109 cm³/mol. The molecule has 0 saturated carbocycles. The Balaban J connectivity index is 2.28. The first kappa shape index (κ1) is 21.6. The molecular weight excluding hydrogens is 359 g/mol. The van der Waals surface area contributed by atoms with E-state index < -0.39 is 17.7 Å². The van der Waals surface area contributed by atoms with Crippen LogP contribution in [0.15, 0.2) is 72.3 Å². The van der Waals surface area contributed by atoms with Crippen LogP contribution in [0.2, 0.25) is 0 Å². The van der Waals surface area contributed by atoms with Crippen LogP contribution < -0.4 is 0 Å². The Morgan fingerprint density at radius 2 is 1.82 bits per heavy atom. The van der Waals surface area contributed by atoms with Crippen LogP contribution in [-0.4, -0.2) is 39.7 Å². The Morgan fingerprint density at radius 1 is 1.11 bits per heavy atom. The summed E-state index contributed by atoms with van der Waals surface area (Å²) in [6.07, 6.45) is 3.13. The van der Waals surface area contributed by atoms with Crippen molar-refractivity contribution in [1.82, 2.24) is 0 Å². The van der Waals surface area contributed by atoms with Crippen molar-refractivity contribution in [3.05, 3.63) is 89.3 Å². The summed E-state index contributed by atoms with van der Waals surface area (Å²) < 4.78 is 13.7. The number of phenolic OH excluding ortho intramolecular Hbond substituents is 1. The molecule has 0 aromatic heterocycles. The highest BCUT2D eigenvalue weighted by atomic mass is 19.1. The molecule has 148 valence electrons. The number of allylic oxidation sites excluding steroid dienone is 1. The zero-order valence-electron chi connectivity index (χ0n) is 15.6. The standard InChI is InChI=1S/C23H25FO4/c1-16(15-26)20(11-12-25)22(27)10-8-19(18-5-3-2-4-6-18)13-17-7-9-23(28)21(24)14-17/h2-7,9,11,13-14,22,25-28H,1,8,10,12,15H2/b19-13-,20-11-. The molecule has 0 aliphatic carbocycles. The van der Waals surface area contributed by atoms with Crippen molar-refractivity contribution in [3.63, 3.8) is 0 Å². The number of benzene rings is 2. The Hall–Kier alpha value is -2.73. The summed E-state index contributed by atoms with van der Waals surface area (Å²) in [5, 5.41) is 38.3. The molecule has 0 aliphatic rings. The van der Waals surface area contributed by atoms with E-state index in [0.29, 0.717) is 29.6 Å². The smallest absolute Gasteiger partial charge is 0.165 e. The van der Waals surface area contributed by atoms with Crippen molar-refractivity contribution in [2.24, 2.45) is 0 Å². The minimum atomic E-state index is -0.907. The van der Waals surface area contributed by atoms with Crippen LogP contribution in [-0.2, 0) is 0 Å². The van der Waals surface area contributed by atoms with Gasteiger partial charge in [-0.2, -0.15) is 0 Å². The molecule has 0 amide bonds. The van der Waals surface area contributed by atoms with E-state index in [9.17, 15) is 19.7 Å². The van der Waals surface area contributed by atoms with Gasteiger partial charge in [-0.1, -0.05) is 55.1 Å². The minimum Gasteiger partial charge on any atom is -0.505 e. The van der Waals surface area contributed by atoms with Gasteiger partial charge < -0.3 is 20.4 Å². The van der Waals surface area contributed by atoms with E-state index >= 15 is 0 Å². The van der Waals surface area contributed by atoms with Crippen molar-refractivity contribution in [2.45, 2.75) is 18.9 Å². The summed E-state index contributed by atoms with van der Waals surface area (Å²) in [5.74, 6) is -1.11. The molecule has 2 rings (SSSR count). The molecule has 0 aliphatic heterocycles. The minimum absolute atomic E-state index is 0.264. The molecule has 0 saturated heterocycles. The Labute approximate surface area is 164 Å². The van der Waals surface area contributed by atoms with Gasteiger partial charge in [-0.05, 0) is 52.8 Å². The molecule has 1 unspecified atom stereocenters. The Bertz CT molecular complexity index is 856. The lowest BCUT2D eigenvalue weighted by molar-refractivity contribution is 0.199. The fraction of sp³-hybridized carbons (Fsp3) is 0.217. The van der Waals surface area contributed by atoms with Crippen LogP contribution in [0.25, 0.3) is 11.6 Å². The van der Waals surface area contributed by atoms with Gasteiger partial charge in [0.2, 0.25) is 0 Å². The monoisotopic (exact) mass is 384 g/mol. The van der Waals surface area contributed by atoms with Crippen LogP contribution >= 0.6 is 0 Å². The normalized spacial score (nSPS) is 13.4. The van der Waals surface area contributed by atoms with E-state index in [1.165, 1.54) is 18.2 Å². The molecule has 0 heterocycles. The summed E-state index contributed by atoms with van der Waals surface area (Å²) >= 11 is 0. The van der Waals surface area contributed by atoms with Gasteiger partial charge in [-0.3, -0.25) is 0 Å². The maximum absolute atomic E-state index is 13.7. The number of aliphatic hydroxyl groups is 3. The number of hydrogen-bond acceptors (Lipinski definition) is 4. The van der Waals surface area contributed by atoms with Crippen molar-refractivity contribution in [3.8, 4) is 5.75 Å². The maximum Gasteiger partial charge on any atom is 0.165 e. The van der Waals surface area contributed by atoms with Crippen molar-refractivity contribution in [2.75, 3.05) is 13.2 Å². The van der Waals surface area contributed by atoms with Crippen molar-refractivity contribution >= 4 is 11.6 Å². The molecule has 4 nitrogen and oxygen atoms in total. The van der Waals surface area contributed by atoms with Gasteiger partial charge in [0.25, 0.3) is 0 Å². The number of rotatable bonds is 9. The summed E-state index contributed by atoms with van der Waals surface area (Å²) in [6, 6.07) is 13.7. The third-order valence-corrected chi connectivity index (χ3v) is 4.41. The number of phenols is 1. The van der Waals surface area contributed by atoms with Gasteiger partial charge in [0.15, 0.2) is 11.6 Å². The molecule has 4 N–H and O–H groups in total. The van der Waals surface area contributed by atoms with E-state index in [4.69, 9.17) is 5.11 Å². The quantitative estimate of drug-likeness (QED) is 0.393. The van der Waals surface area contributed by atoms with Gasteiger partial charge in [0.05, 0.1) is 19.3 Å². The first-order valence-corrected chi connectivity index (χ1v) is 8.98. The molecule has 0 fully saturated rings. The summed E-state index contributed by atoms with van der Waals surface area (Å²) in [5.41, 5.74) is 3.16. The number of aliphatic hydroxyl groups excluding tert-OH is 3. The topological polar surface area (TPSA) is 80.9 Å². The second-order valence-corrected chi connectivity index (χ2v) is 6.40. The van der Waals surface area contributed by atoms with Crippen molar-refractivity contribution < 1.29 is 24.8 Å². The van der Waals surface area contributed by atoms with Gasteiger partial charge in [0.1, 0.15) is 0 Å². The van der Waals surface area contributed by atoms with E-state index in [1.54, 1.807) is 12.1 Å². The van der Waals surface area contributed by atoms with Gasteiger partial charge in [0, 0.05) is 0 Å². The van der Waals surface area contributed by atoms with Gasteiger partial charge in [-0.25, -0.2) is 4.39 Å². The summed E-state index contributed by atoms with van der Waals surface area (Å²) in [6.45, 7) is 3.14. The zero-order chi connectivity index (χ0) is 20.5. The Kier molecular flexibility index (Phi) is 8.14. The average molecular weight is 384 g/mol. The van der Waals surface area contributed by atoms with Crippen LogP contribution in [0.1, 0.15) is 24.0 Å². The first-order valence-electron chi connectivity index (χ1n) is 8.98. The highest BCUT2D eigenvalue weighted by Gasteiger charge is 2.15. The number of aromatic hydroxyl groups is 1. The van der Waals surface area contributed by atoms with Crippen LogP contribution in [0.3, 0.4) is 0 Å². The van der Waals surface area contributed by atoms with Crippen LogP contribution in [0, 0.1) is 5.82 Å². The third kappa shape index (κ3) is 5.89. The van der Waals surface area contributed by atoms with E-state index in [1.807, 2.05) is 30.3 Å². The highest BCUT2D eigenvalue weighted by Crippen LogP contribution is 2.27. The van der Waals surface area contributed by atoms with E-state index in [0.717, 1.165) is 11.1 Å². The average Bonchev–Trinajstić information content (AvgIpc) is 2.71. The largest absolute Gasteiger partial charge is 0.505 e. The highest BCUT2D eigenvalue weighted by molar-refractivity contribution is 5.81. The van der Waals surface area contributed by atoms with Gasteiger partial charge in [-0.15, -0.1) is 0 Å². The molecule has 0 bridgehead atoms. The lowest BCUT2D eigenvalue weighted by Gasteiger charge is -2.17. The molecule has 0 spiro atoms. The van der Waals surface area contributed by atoms with Crippen molar-refractivity contribution in [1.29, 1.82) is 0 Å². The second-order valence-electron chi connectivity index (χ2n) is 6.40. The Morgan fingerprint density at radius 3 is 2.43 bits per heavy atom. The maximum atomic E-state index is 13.7. The van der Waals surface area contributed by atoms with E-state index in [2.05, 4.69) is 6.58 Å². The summed E-state index contributed by atoms with van der Waals surface area (Å²) in [7, 11) is 0. The zero-order valence-corrected chi connectivity index (χ0v) is 15.6. The lowest BCUT2D eigenvalue weighted by Crippen LogP contribution is -2.14. The predicted octanol–water partition coefficient (Wildman–Crippen LogP) is 3.68. The fourth-order valence-electron chi connectivity index (χ4n) is 2.92. The lowest BCUT2D eigenvalue weighted by atomic mass is 9.93. The van der Waals surface area contributed by atoms with Gasteiger partial charge >= 0.3 is 0 Å². The number of hydrogen-bond donors (Lipinski definition) is 4. The molecule has 2 aromatic carbocycles. The number of halogens is 1. The summed E-state index contributed by atoms with van der Waals surface area (Å²) in [4.78, 5) is 0. The molecule has 2 aromatic rings. The molecule has 28 heavy (non-hydrogen) atoms. The van der Waals surface area contributed by atoms with E-state index in [-0.39, 0.29) is 13.2 Å². The molecule has 0 radical (unpaired) electrons. The first-order chi connectivity index (χ1) is 13.5.